The van der Waals surface area contributed by atoms with Crippen LogP contribution in [0.15, 0.2) is 29.8 Å². The van der Waals surface area contributed by atoms with Gasteiger partial charge in [0.25, 0.3) is 0 Å². The molecule has 0 spiro atoms. The number of hydrogen-bond acceptors (Lipinski definition) is 4. The number of esters is 1. The summed E-state index contributed by atoms with van der Waals surface area (Å²) in [5.41, 5.74) is 0. The van der Waals surface area contributed by atoms with E-state index < -0.39 is 12.2 Å². The Balaban J connectivity index is 4.11. The predicted octanol–water partition coefficient (Wildman–Crippen LogP) is 0.954. The SMILES string of the molecule is C=CC(N=C=O)OC(=O)/C=C/C. The van der Waals surface area contributed by atoms with Crippen molar-refractivity contribution >= 4 is 12.0 Å². The number of rotatable bonds is 4. The Kier molecular flexibility index (Phi) is 5.22. The summed E-state index contributed by atoms with van der Waals surface area (Å²) in [7, 11) is 0. The molecule has 0 saturated heterocycles. The summed E-state index contributed by atoms with van der Waals surface area (Å²) in [6, 6.07) is 0. The molecule has 0 aromatic carbocycles. The van der Waals surface area contributed by atoms with E-state index in [-0.39, 0.29) is 0 Å². The van der Waals surface area contributed by atoms with E-state index in [1.54, 1.807) is 6.92 Å². The molecule has 1 atom stereocenters. The van der Waals surface area contributed by atoms with E-state index in [9.17, 15) is 9.59 Å². The molecule has 0 saturated carbocycles. The lowest BCUT2D eigenvalue weighted by Crippen LogP contribution is -2.11. The highest BCUT2D eigenvalue weighted by Gasteiger charge is 2.04. The van der Waals surface area contributed by atoms with Crippen LogP contribution in [-0.2, 0) is 14.3 Å². The molecule has 4 nitrogen and oxygen atoms in total. The number of hydrogen-bond donors (Lipinski definition) is 0. The number of nitrogens with zero attached hydrogens (tertiary/aromatic N) is 1. The van der Waals surface area contributed by atoms with Gasteiger partial charge in [-0.2, -0.15) is 4.99 Å². The average molecular weight is 167 g/mol. The Labute approximate surface area is 70.2 Å². The minimum atomic E-state index is -0.939. The highest BCUT2D eigenvalue weighted by molar-refractivity contribution is 5.82. The van der Waals surface area contributed by atoms with Crippen LogP contribution < -0.4 is 0 Å². The van der Waals surface area contributed by atoms with E-state index in [2.05, 4.69) is 16.3 Å². The van der Waals surface area contributed by atoms with Gasteiger partial charge in [0.05, 0.1) is 0 Å². The number of carbonyl (C=O) groups excluding carboxylic acids is 2. The minimum Gasteiger partial charge on any atom is -0.432 e. The zero-order valence-corrected chi connectivity index (χ0v) is 6.69. The van der Waals surface area contributed by atoms with Crippen molar-refractivity contribution in [3.8, 4) is 0 Å². The molecular weight excluding hydrogens is 158 g/mol. The first-order valence-electron chi connectivity index (χ1n) is 3.27. The maximum atomic E-state index is 10.7. The van der Waals surface area contributed by atoms with Gasteiger partial charge in [0.1, 0.15) is 0 Å². The van der Waals surface area contributed by atoms with Gasteiger partial charge in [-0.05, 0) is 13.0 Å². The van der Waals surface area contributed by atoms with Gasteiger partial charge in [0.15, 0.2) is 0 Å². The highest BCUT2D eigenvalue weighted by Crippen LogP contribution is 1.95. The molecule has 0 heterocycles. The van der Waals surface area contributed by atoms with Crippen molar-refractivity contribution in [3.05, 3.63) is 24.8 Å². The van der Waals surface area contributed by atoms with Crippen LogP contribution in [0.2, 0.25) is 0 Å². The monoisotopic (exact) mass is 167 g/mol. The van der Waals surface area contributed by atoms with Crippen LogP contribution in [0, 0.1) is 0 Å². The maximum Gasteiger partial charge on any atom is 0.332 e. The number of isocyanates is 1. The zero-order chi connectivity index (χ0) is 9.40. The largest absolute Gasteiger partial charge is 0.432 e. The average Bonchev–Trinajstić information content (AvgIpc) is 2.04. The van der Waals surface area contributed by atoms with Crippen LogP contribution in [0.1, 0.15) is 6.92 Å². The van der Waals surface area contributed by atoms with E-state index in [4.69, 9.17) is 0 Å². The molecule has 1 unspecified atom stereocenters. The van der Waals surface area contributed by atoms with Crippen LogP contribution in [-0.4, -0.2) is 18.3 Å². The molecule has 0 N–H and O–H groups in total. The van der Waals surface area contributed by atoms with Gasteiger partial charge in [-0.25, -0.2) is 9.59 Å². The molecule has 0 radical (unpaired) electrons. The van der Waals surface area contributed by atoms with Crippen molar-refractivity contribution in [1.29, 1.82) is 0 Å². The van der Waals surface area contributed by atoms with Crippen LogP contribution in [0.3, 0.4) is 0 Å². The number of aliphatic imine (C=N–C) groups is 1. The van der Waals surface area contributed by atoms with E-state index in [0.717, 1.165) is 0 Å². The molecular formula is C8H9NO3. The summed E-state index contributed by atoms with van der Waals surface area (Å²) >= 11 is 0. The fourth-order valence-electron chi connectivity index (χ4n) is 0.473. The number of ether oxygens (including phenoxy) is 1. The fourth-order valence-corrected chi connectivity index (χ4v) is 0.473. The van der Waals surface area contributed by atoms with Crippen molar-refractivity contribution in [2.45, 2.75) is 13.2 Å². The molecule has 64 valence electrons. The molecule has 0 aliphatic rings. The summed E-state index contributed by atoms with van der Waals surface area (Å²) in [6.45, 7) is 4.99. The summed E-state index contributed by atoms with van der Waals surface area (Å²) in [5, 5.41) is 0. The first-order valence-corrected chi connectivity index (χ1v) is 3.27. The third kappa shape index (κ3) is 4.19. The molecule has 0 aliphatic heterocycles. The maximum absolute atomic E-state index is 10.7. The van der Waals surface area contributed by atoms with Crippen molar-refractivity contribution in [2.75, 3.05) is 0 Å². The second kappa shape index (κ2) is 6.07. The van der Waals surface area contributed by atoms with Gasteiger partial charge in [0.2, 0.25) is 12.3 Å². The molecule has 0 fully saturated rings. The summed E-state index contributed by atoms with van der Waals surface area (Å²) < 4.78 is 4.61. The van der Waals surface area contributed by atoms with Crippen molar-refractivity contribution in [1.82, 2.24) is 0 Å². The molecule has 0 amide bonds. The Morgan fingerprint density at radius 3 is 2.83 bits per heavy atom. The van der Waals surface area contributed by atoms with Crippen LogP contribution in [0.25, 0.3) is 0 Å². The first kappa shape index (κ1) is 10.3. The standard InChI is InChI=1S/C8H9NO3/c1-3-5-8(11)12-7(4-2)9-6-10/h3-5,7H,2H2,1H3/b5-3+. The molecule has 0 rings (SSSR count). The zero-order valence-electron chi connectivity index (χ0n) is 6.69. The van der Waals surface area contributed by atoms with Crippen LogP contribution in [0.5, 0.6) is 0 Å². The fraction of sp³-hybridized carbons (Fsp3) is 0.250. The highest BCUT2D eigenvalue weighted by atomic mass is 16.6. The Morgan fingerprint density at radius 1 is 1.75 bits per heavy atom. The Bertz CT molecular complexity index is 239. The predicted molar refractivity (Wildman–Crippen MR) is 43.0 cm³/mol. The Morgan fingerprint density at radius 2 is 2.42 bits per heavy atom. The number of carbonyl (C=O) groups is 1. The minimum absolute atomic E-state index is 0.568. The van der Waals surface area contributed by atoms with Crippen molar-refractivity contribution in [3.63, 3.8) is 0 Å². The van der Waals surface area contributed by atoms with Crippen LogP contribution in [0.4, 0.5) is 0 Å². The molecule has 12 heavy (non-hydrogen) atoms. The van der Waals surface area contributed by atoms with Gasteiger partial charge in [-0.15, -0.1) is 0 Å². The van der Waals surface area contributed by atoms with Gasteiger partial charge in [-0.1, -0.05) is 12.7 Å². The summed E-state index contributed by atoms with van der Waals surface area (Å²) in [4.78, 5) is 23.7. The van der Waals surface area contributed by atoms with Crippen LogP contribution >= 0.6 is 0 Å². The molecule has 0 aromatic heterocycles. The summed E-state index contributed by atoms with van der Waals surface area (Å²) in [6.07, 6.45) is 4.30. The topological polar surface area (TPSA) is 55.7 Å². The smallest absolute Gasteiger partial charge is 0.332 e. The van der Waals surface area contributed by atoms with E-state index in [1.807, 2.05) is 0 Å². The summed E-state index contributed by atoms with van der Waals surface area (Å²) in [5.74, 6) is -0.568. The lowest BCUT2D eigenvalue weighted by atomic mass is 10.5. The van der Waals surface area contributed by atoms with Gasteiger partial charge < -0.3 is 4.74 Å². The lowest BCUT2D eigenvalue weighted by Gasteiger charge is -2.03. The molecule has 0 aromatic rings. The third-order valence-electron chi connectivity index (χ3n) is 0.921. The van der Waals surface area contributed by atoms with Crippen molar-refractivity contribution < 1.29 is 14.3 Å². The molecule has 0 aliphatic carbocycles. The van der Waals surface area contributed by atoms with E-state index in [1.165, 1.54) is 24.3 Å². The first-order chi connectivity index (χ1) is 5.74. The van der Waals surface area contributed by atoms with E-state index >= 15 is 0 Å². The lowest BCUT2D eigenvalue weighted by molar-refractivity contribution is -0.140. The van der Waals surface area contributed by atoms with Gasteiger partial charge >= 0.3 is 5.97 Å². The van der Waals surface area contributed by atoms with Gasteiger partial charge in [0, 0.05) is 6.08 Å². The molecule has 0 bridgehead atoms. The normalized spacial score (nSPS) is 11.8. The van der Waals surface area contributed by atoms with Crippen molar-refractivity contribution in [2.24, 2.45) is 4.99 Å². The second-order valence-electron chi connectivity index (χ2n) is 1.78. The number of allylic oxidation sites excluding steroid dienone is 1. The Hall–Kier alpha value is -1.67. The second-order valence-corrected chi connectivity index (χ2v) is 1.78. The quantitative estimate of drug-likeness (QED) is 0.206. The van der Waals surface area contributed by atoms with Gasteiger partial charge in [-0.3, -0.25) is 0 Å². The molecule has 4 heteroatoms. The van der Waals surface area contributed by atoms with E-state index in [0.29, 0.717) is 0 Å². The third-order valence-corrected chi connectivity index (χ3v) is 0.921.